The maximum Gasteiger partial charge on any atom is 0.0555 e. The molecule has 0 aliphatic rings. The van der Waals surface area contributed by atoms with E-state index in [1.54, 1.807) is 0 Å². The van der Waals surface area contributed by atoms with Crippen molar-refractivity contribution in [3.05, 3.63) is 6.04 Å². The van der Waals surface area contributed by atoms with Crippen molar-refractivity contribution < 1.29 is 0 Å². The van der Waals surface area contributed by atoms with Crippen LogP contribution in [0.5, 0.6) is 0 Å². The van der Waals surface area contributed by atoms with Crippen LogP contribution in [-0.4, -0.2) is 8.07 Å². The number of rotatable bonds is 4. The smallest absolute Gasteiger partial charge is 0.0555 e. The summed E-state index contributed by atoms with van der Waals surface area (Å²) in [6.07, 6.45) is 0. The molecule has 9 heavy (non-hydrogen) atoms. The molecule has 0 fully saturated rings. The molecule has 0 saturated carbocycles. The summed E-state index contributed by atoms with van der Waals surface area (Å²) < 4.78 is 0. The highest BCUT2D eigenvalue weighted by Gasteiger charge is 2.23. The fourth-order valence-corrected chi connectivity index (χ4v) is 4.09. The third kappa shape index (κ3) is 2.13. The molecule has 0 aliphatic heterocycles. The van der Waals surface area contributed by atoms with Gasteiger partial charge in [-0.05, 0) is 6.04 Å². The second kappa shape index (κ2) is 4.10. The van der Waals surface area contributed by atoms with Gasteiger partial charge in [0.1, 0.15) is 0 Å². The molecule has 1 heteroatoms. The Bertz CT molecular complexity index is 47.5. The number of hydrogen-bond donors (Lipinski definition) is 0. The van der Waals surface area contributed by atoms with Gasteiger partial charge in [0.05, 0.1) is 8.07 Å². The topological polar surface area (TPSA) is 0 Å². The lowest BCUT2D eigenvalue weighted by Gasteiger charge is -2.25. The third-order valence-electron chi connectivity index (χ3n) is 2.72. The minimum absolute atomic E-state index is 0.816. The molecular weight excluding hydrogens is 124 g/mol. The van der Waals surface area contributed by atoms with E-state index in [2.05, 4.69) is 33.7 Å². The van der Waals surface area contributed by atoms with E-state index in [9.17, 15) is 0 Å². The Morgan fingerprint density at radius 3 is 1.33 bits per heavy atom. The van der Waals surface area contributed by atoms with Gasteiger partial charge in [0.15, 0.2) is 0 Å². The predicted octanol–water partition coefficient (Wildman–Crippen LogP) is 3.26. The van der Waals surface area contributed by atoms with Gasteiger partial charge in [0.2, 0.25) is 0 Å². The highest BCUT2D eigenvalue weighted by atomic mass is 28.3. The molecule has 0 aliphatic carbocycles. The molecule has 55 valence electrons. The van der Waals surface area contributed by atoms with E-state index in [-0.39, 0.29) is 0 Å². The van der Waals surface area contributed by atoms with Gasteiger partial charge in [-0.1, -0.05) is 45.8 Å². The first kappa shape index (κ1) is 9.22. The summed E-state index contributed by atoms with van der Waals surface area (Å²) in [5, 5.41) is 0. The zero-order chi connectivity index (χ0) is 7.33. The zero-order valence-electron chi connectivity index (χ0n) is 7.20. The molecule has 0 rings (SSSR count). The van der Waals surface area contributed by atoms with Gasteiger partial charge in [-0.2, -0.15) is 0 Å². The molecule has 0 aromatic carbocycles. The van der Waals surface area contributed by atoms with E-state index in [1.165, 1.54) is 18.1 Å². The average molecular weight is 143 g/mol. The Kier molecular flexibility index (Phi) is 4.20. The van der Waals surface area contributed by atoms with Gasteiger partial charge in [-0.25, -0.2) is 0 Å². The SMILES string of the molecule is C[CH][Si](CC)(CC)CC. The van der Waals surface area contributed by atoms with Gasteiger partial charge in [0.25, 0.3) is 0 Å². The average Bonchev–Trinajstić information content (AvgIpc) is 1.95. The van der Waals surface area contributed by atoms with Crippen LogP contribution in [0.4, 0.5) is 0 Å². The summed E-state index contributed by atoms with van der Waals surface area (Å²) in [6, 6.07) is 6.77. The van der Waals surface area contributed by atoms with Crippen LogP contribution in [0.25, 0.3) is 0 Å². The largest absolute Gasteiger partial charge is 0.0678 e. The molecule has 0 heterocycles. The first-order chi connectivity index (χ1) is 4.24. The molecule has 0 aromatic heterocycles. The van der Waals surface area contributed by atoms with Crippen LogP contribution >= 0.6 is 0 Å². The van der Waals surface area contributed by atoms with Crippen LogP contribution in [0.1, 0.15) is 27.7 Å². The van der Waals surface area contributed by atoms with Crippen LogP contribution in [0.15, 0.2) is 0 Å². The Balaban J connectivity index is 3.82. The molecule has 0 nitrogen and oxygen atoms in total. The normalized spacial score (nSPS) is 12.0. The van der Waals surface area contributed by atoms with Crippen molar-refractivity contribution in [2.45, 2.75) is 45.8 Å². The lowest BCUT2D eigenvalue weighted by Crippen LogP contribution is -2.30. The molecule has 0 saturated heterocycles. The molecule has 0 unspecified atom stereocenters. The standard InChI is InChI=1S/C8H19Si/c1-5-9(6-2,7-3)8-4/h5H,6-8H2,1-4H3. The Labute approximate surface area is 60.7 Å². The Morgan fingerprint density at radius 2 is 1.33 bits per heavy atom. The van der Waals surface area contributed by atoms with Crippen molar-refractivity contribution in [2.24, 2.45) is 0 Å². The highest BCUT2D eigenvalue weighted by molar-refractivity contribution is 6.82. The van der Waals surface area contributed by atoms with E-state index < -0.39 is 8.07 Å². The molecular formula is C8H19Si. The minimum atomic E-state index is -0.816. The van der Waals surface area contributed by atoms with E-state index >= 15 is 0 Å². The van der Waals surface area contributed by atoms with Gasteiger partial charge < -0.3 is 0 Å². The molecule has 0 amide bonds. The van der Waals surface area contributed by atoms with Crippen LogP contribution in [0.2, 0.25) is 18.1 Å². The van der Waals surface area contributed by atoms with Gasteiger partial charge in [-0.15, -0.1) is 0 Å². The molecule has 0 N–H and O–H groups in total. The van der Waals surface area contributed by atoms with Crippen molar-refractivity contribution in [1.29, 1.82) is 0 Å². The summed E-state index contributed by atoms with van der Waals surface area (Å²) in [7, 11) is -0.816. The summed E-state index contributed by atoms with van der Waals surface area (Å²) in [4.78, 5) is 0. The number of hydrogen-bond acceptors (Lipinski definition) is 0. The van der Waals surface area contributed by atoms with E-state index in [4.69, 9.17) is 0 Å². The van der Waals surface area contributed by atoms with Gasteiger partial charge in [-0.3, -0.25) is 0 Å². The fraction of sp³-hybridized carbons (Fsp3) is 0.875. The molecule has 1 radical (unpaired) electrons. The predicted molar refractivity (Wildman–Crippen MR) is 47.2 cm³/mol. The fourth-order valence-electron chi connectivity index (χ4n) is 1.36. The summed E-state index contributed by atoms with van der Waals surface area (Å²) in [6.45, 7) is 9.24. The van der Waals surface area contributed by atoms with E-state index in [0.717, 1.165) is 0 Å². The van der Waals surface area contributed by atoms with Gasteiger partial charge in [0, 0.05) is 0 Å². The second-order valence-corrected chi connectivity index (χ2v) is 8.14. The van der Waals surface area contributed by atoms with Crippen molar-refractivity contribution in [3.63, 3.8) is 0 Å². The second-order valence-electron chi connectivity index (χ2n) is 2.71. The first-order valence-corrected chi connectivity index (χ1v) is 6.75. The molecule has 0 spiro atoms. The highest BCUT2D eigenvalue weighted by Crippen LogP contribution is 2.22. The monoisotopic (exact) mass is 143 g/mol. The first-order valence-electron chi connectivity index (χ1n) is 4.05. The van der Waals surface area contributed by atoms with Crippen molar-refractivity contribution in [2.75, 3.05) is 0 Å². The maximum absolute atomic E-state index is 2.49. The van der Waals surface area contributed by atoms with Crippen LogP contribution in [-0.2, 0) is 0 Å². The lowest BCUT2D eigenvalue weighted by molar-refractivity contribution is 1.17. The molecule has 0 aromatic rings. The lowest BCUT2D eigenvalue weighted by atomic mass is 10.9. The summed E-state index contributed by atoms with van der Waals surface area (Å²) in [5.74, 6) is 0. The zero-order valence-corrected chi connectivity index (χ0v) is 8.20. The van der Waals surface area contributed by atoms with E-state index in [0.29, 0.717) is 0 Å². The Hall–Kier alpha value is 0.217. The van der Waals surface area contributed by atoms with E-state index in [1.807, 2.05) is 0 Å². The van der Waals surface area contributed by atoms with Gasteiger partial charge >= 0.3 is 0 Å². The van der Waals surface area contributed by atoms with Crippen molar-refractivity contribution in [1.82, 2.24) is 0 Å². The van der Waals surface area contributed by atoms with Crippen LogP contribution < -0.4 is 0 Å². The summed E-state index contributed by atoms with van der Waals surface area (Å²) in [5.41, 5.74) is 0. The van der Waals surface area contributed by atoms with Crippen molar-refractivity contribution in [3.8, 4) is 0 Å². The third-order valence-corrected chi connectivity index (χ3v) is 8.17. The molecule has 0 bridgehead atoms. The van der Waals surface area contributed by atoms with Crippen LogP contribution in [0, 0.1) is 6.04 Å². The maximum atomic E-state index is 2.49. The van der Waals surface area contributed by atoms with Crippen molar-refractivity contribution >= 4 is 8.07 Å². The summed E-state index contributed by atoms with van der Waals surface area (Å²) >= 11 is 0. The minimum Gasteiger partial charge on any atom is -0.0678 e. The molecule has 0 atom stereocenters. The van der Waals surface area contributed by atoms with Crippen LogP contribution in [0.3, 0.4) is 0 Å². The Morgan fingerprint density at radius 1 is 1.00 bits per heavy atom. The quantitative estimate of drug-likeness (QED) is 0.530.